The molecular formula is C14H12. The van der Waals surface area contributed by atoms with Crippen LogP contribution in [0.2, 0.25) is 0 Å². The predicted molar refractivity (Wildman–Crippen MR) is 59.0 cm³/mol. The number of aryl methyl sites for hydroxylation is 2. The molecule has 0 nitrogen and oxygen atoms in total. The monoisotopic (exact) mass is 180 g/mol. The first-order chi connectivity index (χ1) is 6.75. The van der Waals surface area contributed by atoms with Crippen molar-refractivity contribution in [3.05, 3.63) is 59.7 Å². The number of hydrogen-bond donors (Lipinski definition) is 0. The zero-order chi connectivity index (χ0) is 9.97. The lowest BCUT2D eigenvalue weighted by Crippen LogP contribution is -1.81. The van der Waals surface area contributed by atoms with Gasteiger partial charge in [-0.3, -0.25) is 0 Å². The average molecular weight is 180 g/mol. The lowest BCUT2D eigenvalue weighted by Gasteiger charge is -2.02. The van der Waals surface area contributed by atoms with Gasteiger partial charge in [-0.05, 0) is 48.2 Å². The summed E-state index contributed by atoms with van der Waals surface area (Å²) in [5.41, 5.74) is 4.57. The minimum atomic E-state index is 1.12. The molecule has 0 atom stereocenters. The van der Waals surface area contributed by atoms with Gasteiger partial charge < -0.3 is 0 Å². The fourth-order valence-electron chi connectivity index (χ4n) is 1.48. The lowest BCUT2D eigenvalue weighted by molar-refractivity contribution is 1.42. The van der Waals surface area contributed by atoms with Gasteiger partial charge in [-0.2, -0.15) is 0 Å². The Kier molecular flexibility index (Phi) is 2.36. The van der Waals surface area contributed by atoms with Crippen LogP contribution in [0.3, 0.4) is 0 Å². The Hall–Kier alpha value is -1.56. The van der Waals surface area contributed by atoms with E-state index in [0.717, 1.165) is 22.3 Å². The van der Waals surface area contributed by atoms with Crippen LogP contribution in [-0.4, -0.2) is 0 Å². The SMILES string of the molecule is Cc1[c]c(-c2[c]c(C)ccc2)ccc1. The molecule has 14 heavy (non-hydrogen) atoms. The molecule has 0 heterocycles. The van der Waals surface area contributed by atoms with E-state index in [4.69, 9.17) is 0 Å². The van der Waals surface area contributed by atoms with Gasteiger partial charge in [0.05, 0.1) is 0 Å². The Morgan fingerprint density at radius 1 is 0.714 bits per heavy atom. The molecule has 2 aromatic carbocycles. The van der Waals surface area contributed by atoms with Crippen LogP contribution in [0, 0.1) is 26.0 Å². The van der Waals surface area contributed by atoms with Gasteiger partial charge in [0.25, 0.3) is 0 Å². The molecule has 2 radical (unpaired) electrons. The molecule has 0 saturated heterocycles. The molecule has 0 unspecified atom stereocenters. The van der Waals surface area contributed by atoms with E-state index in [1.54, 1.807) is 0 Å². The first-order valence-electron chi connectivity index (χ1n) is 4.74. The fourth-order valence-corrected chi connectivity index (χ4v) is 1.48. The summed E-state index contributed by atoms with van der Waals surface area (Å²) >= 11 is 0. The highest BCUT2D eigenvalue weighted by Gasteiger charge is 1.97. The van der Waals surface area contributed by atoms with Gasteiger partial charge in [-0.1, -0.05) is 36.4 Å². The molecule has 0 aromatic heterocycles. The molecule has 0 heteroatoms. The third-order valence-electron chi connectivity index (χ3n) is 2.17. The number of rotatable bonds is 1. The molecule has 0 saturated carbocycles. The van der Waals surface area contributed by atoms with E-state index in [0.29, 0.717) is 0 Å². The van der Waals surface area contributed by atoms with Crippen LogP contribution < -0.4 is 0 Å². The highest BCUT2D eigenvalue weighted by atomic mass is 14.0. The van der Waals surface area contributed by atoms with Crippen molar-refractivity contribution in [1.29, 1.82) is 0 Å². The third-order valence-corrected chi connectivity index (χ3v) is 2.17. The largest absolute Gasteiger partial charge is 0.0613 e. The van der Waals surface area contributed by atoms with Crippen LogP contribution >= 0.6 is 0 Å². The molecule has 0 spiro atoms. The molecule has 2 rings (SSSR count). The summed E-state index contributed by atoms with van der Waals surface area (Å²) in [6, 6.07) is 19.0. The normalized spacial score (nSPS) is 10.1. The Labute approximate surface area is 85.2 Å². The van der Waals surface area contributed by atoms with E-state index in [9.17, 15) is 0 Å². The quantitative estimate of drug-likeness (QED) is 0.629. The molecular weight excluding hydrogens is 168 g/mol. The van der Waals surface area contributed by atoms with Gasteiger partial charge in [0.15, 0.2) is 0 Å². The zero-order valence-electron chi connectivity index (χ0n) is 8.46. The van der Waals surface area contributed by atoms with Gasteiger partial charge in [0, 0.05) is 0 Å². The van der Waals surface area contributed by atoms with E-state index in [-0.39, 0.29) is 0 Å². The summed E-state index contributed by atoms with van der Waals surface area (Å²) in [7, 11) is 0. The molecule has 0 aliphatic rings. The van der Waals surface area contributed by atoms with Crippen molar-refractivity contribution < 1.29 is 0 Å². The first-order valence-corrected chi connectivity index (χ1v) is 4.74. The fraction of sp³-hybridized carbons (Fsp3) is 0.143. The van der Waals surface area contributed by atoms with Crippen LogP contribution in [0.4, 0.5) is 0 Å². The van der Waals surface area contributed by atoms with Gasteiger partial charge in [0.1, 0.15) is 0 Å². The summed E-state index contributed by atoms with van der Waals surface area (Å²) in [4.78, 5) is 0. The van der Waals surface area contributed by atoms with Gasteiger partial charge >= 0.3 is 0 Å². The number of benzene rings is 2. The summed E-state index contributed by atoms with van der Waals surface area (Å²) in [6.07, 6.45) is 0. The molecule has 0 aliphatic heterocycles. The van der Waals surface area contributed by atoms with Gasteiger partial charge in [0.2, 0.25) is 0 Å². The van der Waals surface area contributed by atoms with Crippen LogP contribution in [0.5, 0.6) is 0 Å². The van der Waals surface area contributed by atoms with Crippen molar-refractivity contribution in [2.24, 2.45) is 0 Å². The average Bonchev–Trinajstić information content (AvgIpc) is 2.18. The van der Waals surface area contributed by atoms with Crippen LogP contribution in [0.15, 0.2) is 36.4 Å². The second kappa shape index (κ2) is 3.67. The van der Waals surface area contributed by atoms with Crippen LogP contribution in [-0.2, 0) is 0 Å². The Morgan fingerprint density at radius 3 is 1.50 bits per heavy atom. The molecule has 68 valence electrons. The maximum Gasteiger partial charge on any atom is -0.00670 e. The van der Waals surface area contributed by atoms with Crippen molar-refractivity contribution in [2.75, 3.05) is 0 Å². The standard InChI is InChI=1S/C14H12/c1-11-5-3-7-13(9-11)14-8-4-6-12(2)10-14/h3-8H,1-2H3. The van der Waals surface area contributed by atoms with Crippen molar-refractivity contribution in [3.8, 4) is 11.1 Å². The van der Waals surface area contributed by atoms with Gasteiger partial charge in [-0.15, -0.1) is 0 Å². The highest BCUT2D eigenvalue weighted by molar-refractivity contribution is 5.63. The smallest absolute Gasteiger partial charge is 0.00670 e. The van der Waals surface area contributed by atoms with Crippen LogP contribution in [0.1, 0.15) is 11.1 Å². The topological polar surface area (TPSA) is 0 Å². The van der Waals surface area contributed by atoms with Crippen molar-refractivity contribution in [1.82, 2.24) is 0 Å². The Morgan fingerprint density at radius 2 is 1.14 bits per heavy atom. The molecule has 0 fully saturated rings. The summed E-state index contributed by atoms with van der Waals surface area (Å²) < 4.78 is 0. The Bertz CT molecular complexity index is 398. The highest BCUT2D eigenvalue weighted by Crippen LogP contribution is 2.19. The summed E-state index contributed by atoms with van der Waals surface area (Å²) in [5.74, 6) is 0. The van der Waals surface area contributed by atoms with E-state index in [2.05, 4.69) is 62.4 Å². The third kappa shape index (κ3) is 1.85. The minimum Gasteiger partial charge on any atom is -0.0613 e. The molecule has 0 amide bonds. The summed E-state index contributed by atoms with van der Waals surface area (Å²) in [5, 5.41) is 0. The van der Waals surface area contributed by atoms with E-state index >= 15 is 0 Å². The molecule has 2 aromatic rings. The summed E-state index contributed by atoms with van der Waals surface area (Å²) in [6.45, 7) is 4.11. The molecule has 0 N–H and O–H groups in total. The maximum absolute atomic E-state index is 3.32. The lowest BCUT2D eigenvalue weighted by atomic mass is 10.0. The second-order valence-electron chi connectivity index (χ2n) is 3.49. The second-order valence-corrected chi connectivity index (χ2v) is 3.49. The maximum atomic E-state index is 3.32. The van der Waals surface area contributed by atoms with Gasteiger partial charge in [-0.25, -0.2) is 0 Å². The Balaban J connectivity index is 2.49. The van der Waals surface area contributed by atoms with E-state index < -0.39 is 0 Å². The minimum absolute atomic E-state index is 1.12. The van der Waals surface area contributed by atoms with Crippen molar-refractivity contribution >= 4 is 0 Å². The predicted octanol–water partition coefficient (Wildman–Crippen LogP) is 3.57. The van der Waals surface area contributed by atoms with Crippen LogP contribution in [0.25, 0.3) is 11.1 Å². The van der Waals surface area contributed by atoms with Crippen molar-refractivity contribution in [2.45, 2.75) is 13.8 Å². The molecule has 0 bridgehead atoms. The van der Waals surface area contributed by atoms with E-state index in [1.807, 2.05) is 0 Å². The first kappa shape index (κ1) is 9.01. The zero-order valence-corrected chi connectivity index (χ0v) is 8.46. The van der Waals surface area contributed by atoms with E-state index in [1.165, 1.54) is 0 Å². The molecule has 0 aliphatic carbocycles. The number of hydrogen-bond acceptors (Lipinski definition) is 0. The van der Waals surface area contributed by atoms with Crippen molar-refractivity contribution in [3.63, 3.8) is 0 Å².